The van der Waals surface area contributed by atoms with E-state index in [1.54, 1.807) is 0 Å². The average molecular weight is 243 g/mol. The Hall–Kier alpha value is -2.76. The second-order valence-corrected chi connectivity index (χ2v) is 3.40. The highest BCUT2D eigenvalue weighted by molar-refractivity contribution is 6.38. The van der Waals surface area contributed by atoms with Crippen molar-refractivity contribution in [2.75, 3.05) is 0 Å². The molecule has 6 heteroatoms. The van der Waals surface area contributed by atoms with Crippen molar-refractivity contribution >= 4 is 17.8 Å². The van der Waals surface area contributed by atoms with Crippen molar-refractivity contribution in [1.82, 2.24) is 15.0 Å². The molecule has 18 heavy (non-hydrogen) atoms. The largest absolute Gasteiger partial charge is 0.475 e. The van der Waals surface area contributed by atoms with Crippen LogP contribution in [0, 0.1) is 0 Å². The molecule has 1 aromatic carbocycles. The monoisotopic (exact) mass is 243 g/mol. The molecule has 0 aliphatic carbocycles. The lowest BCUT2D eigenvalue weighted by Gasteiger charge is -1.96. The van der Waals surface area contributed by atoms with Gasteiger partial charge < -0.3 is 5.11 Å². The van der Waals surface area contributed by atoms with Crippen LogP contribution in [0.4, 0.5) is 0 Å². The molecular formula is C12H9N3O3. The molecule has 0 atom stereocenters. The highest BCUT2D eigenvalue weighted by Crippen LogP contribution is 2.05. The molecule has 0 saturated carbocycles. The Labute approximate surface area is 102 Å². The number of carboxylic acids is 1. The normalized spacial score (nSPS) is 10.7. The van der Waals surface area contributed by atoms with Crippen LogP contribution in [0.3, 0.4) is 0 Å². The summed E-state index contributed by atoms with van der Waals surface area (Å²) in [5.74, 6) is -2.49. The van der Waals surface area contributed by atoms with Crippen molar-refractivity contribution in [3.63, 3.8) is 0 Å². The lowest BCUT2D eigenvalue weighted by Crippen LogP contribution is -2.08. The van der Waals surface area contributed by atoms with Gasteiger partial charge in [-0.1, -0.05) is 18.2 Å². The summed E-state index contributed by atoms with van der Waals surface area (Å²) >= 11 is 0. The molecule has 0 spiro atoms. The molecule has 0 saturated heterocycles. The summed E-state index contributed by atoms with van der Waals surface area (Å²) in [6, 6.07) is 9.23. The van der Waals surface area contributed by atoms with E-state index in [0.717, 1.165) is 11.8 Å². The van der Waals surface area contributed by atoms with E-state index in [2.05, 4.69) is 10.2 Å². The van der Waals surface area contributed by atoms with Gasteiger partial charge in [-0.15, -0.1) is 5.10 Å². The Bertz CT molecular complexity index is 602. The number of rotatable bonds is 4. The summed E-state index contributed by atoms with van der Waals surface area (Å²) in [5, 5.41) is 16.5. The third kappa shape index (κ3) is 2.67. The van der Waals surface area contributed by atoms with Gasteiger partial charge in [-0.3, -0.25) is 4.79 Å². The van der Waals surface area contributed by atoms with Crippen molar-refractivity contribution in [3.8, 4) is 5.69 Å². The van der Waals surface area contributed by atoms with Gasteiger partial charge in [0.05, 0.1) is 11.9 Å². The number of hydrogen-bond acceptors (Lipinski definition) is 4. The minimum absolute atomic E-state index is 0.411. The summed E-state index contributed by atoms with van der Waals surface area (Å²) in [4.78, 5) is 22.6. The summed E-state index contributed by atoms with van der Waals surface area (Å²) in [6.07, 6.45) is 3.70. The first kappa shape index (κ1) is 11.7. The first-order valence-electron chi connectivity index (χ1n) is 5.10. The van der Waals surface area contributed by atoms with Crippen LogP contribution in [0.1, 0.15) is 5.69 Å². The summed E-state index contributed by atoms with van der Waals surface area (Å²) < 4.78 is 0. The van der Waals surface area contributed by atoms with E-state index < -0.39 is 11.8 Å². The number of nitrogens with zero attached hydrogens (tertiary/aromatic N) is 3. The molecule has 2 rings (SSSR count). The zero-order valence-electron chi connectivity index (χ0n) is 9.22. The Morgan fingerprint density at radius 3 is 2.61 bits per heavy atom. The van der Waals surface area contributed by atoms with E-state index >= 15 is 0 Å². The zero-order valence-corrected chi connectivity index (χ0v) is 9.22. The van der Waals surface area contributed by atoms with Crippen LogP contribution in [0.15, 0.2) is 42.6 Å². The third-order valence-electron chi connectivity index (χ3n) is 2.11. The fourth-order valence-electron chi connectivity index (χ4n) is 1.27. The highest BCUT2D eigenvalue weighted by Gasteiger charge is 2.06. The van der Waals surface area contributed by atoms with Crippen molar-refractivity contribution in [2.45, 2.75) is 0 Å². The quantitative estimate of drug-likeness (QED) is 0.638. The van der Waals surface area contributed by atoms with Crippen LogP contribution in [-0.2, 0) is 9.59 Å². The van der Waals surface area contributed by atoms with E-state index in [-0.39, 0.29) is 0 Å². The first-order valence-corrected chi connectivity index (χ1v) is 5.10. The Balaban J connectivity index is 2.17. The molecule has 2 aromatic rings. The lowest BCUT2D eigenvalue weighted by molar-refractivity contribution is -0.146. The molecule has 0 aliphatic rings. The highest BCUT2D eigenvalue weighted by atomic mass is 16.4. The van der Waals surface area contributed by atoms with E-state index in [4.69, 9.17) is 5.11 Å². The molecular weight excluding hydrogens is 234 g/mol. The number of para-hydroxylation sites is 1. The van der Waals surface area contributed by atoms with Gasteiger partial charge in [0.1, 0.15) is 5.69 Å². The molecule has 90 valence electrons. The number of aromatic nitrogens is 3. The van der Waals surface area contributed by atoms with Crippen LogP contribution in [-0.4, -0.2) is 31.9 Å². The van der Waals surface area contributed by atoms with Gasteiger partial charge in [0, 0.05) is 0 Å². The minimum Gasteiger partial charge on any atom is -0.475 e. The summed E-state index contributed by atoms with van der Waals surface area (Å²) in [6.45, 7) is 0. The topological polar surface area (TPSA) is 85.1 Å². The van der Waals surface area contributed by atoms with E-state index in [1.165, 1.54) is 17.1 Å². The van der Waals surface area contributed by atoms with Gasteiger partial charge in [-0.05, 0) is 24.3 Å². The summed E-state index contributed by atoms with van der Waals surface area (Å²) in [7, 11) is 0. The molecule has 0 fully saturated rings. The minimum atomic E-state index is -1.50. The number of carboxylic acid groups (broad SMARTS) is 1. The van der Waals surface area contributed by atoms with Gasteiger partial charge in [-0.25, -0.2) is 4.79 Å². The van der Waals surface area contributed by atoms with Gasteiger partial charge >= 0.3 is 5.97 Å². The van der Waals surface area contributed by atoms with Gasteiger partial charge in [0.25, 0.3) is 5.78 Å². The fraction of sp³-hybridized carbons (Fsp3) is 0. The molecule has 0 amide bonds. The smallest absolute Gasteiger partial charge is 0.376 e. The number of carbonyl (C=O) groups excluding carboxylic acids is 1. The number of hydrogen-bond donors (Lipinski definition) is 1. The van der Waals surface area contributed by atoms with Crippen molar-refractivity contribution in [3.05, 3.63) is 48.3 Å². The Morgan fingerprint density at radius 2 is 1.94 bits per heavy atom. The molecule has 6 nitrogen and oxygen atoms in total. The third-order valence-corrected chi connectivity index (χ3v) is 2.11. The second-order valence-electron chi connectivity index (χ2n) is 3.40. The van der Waals surface area contributed by atoms with E-state index in [9.17, 15) is 9.59 Å². The average Bonchev–Trinajstić information content (AvgIpc) is 2.85. The van der Waals surface area contributed by atoms with Crippen LogP contribution in [0.5, 0.6) is 0 Å². The van der Waals surface area contributed by atoms with Crippen LogP contribution >= 0.6 is 0 Å². The maximum atomic E-state index is 10.9. The van der Waals surface area contributed by atoms with Crippen molar-refractivity contribution < 1.29 is 14.7 Å². The Morgan fingerprint density at radius 1 is 1.22 bits per heavy atom. The molecule has 1 heterocycles. The van der Waals surface area contributed by atoms with E-state index in [1.807, 2.05) is 30.3 Å². The predicted molar refractivity (Wildman–Crippen MR) is 63.0 cm³/mol. The number of ketones is 1. The SMILES string of the molecule is O=C(O)C(=O)/C=C/c1cnn(-c2ccccc2)n1. The van der Waals surface area contributed by atoms with E-state index in [0.29, 0.717) is 5.69 Å². The van der Waals surface area contributed by atoms with Crippen LogP contribution in [0.25, 0.3) is 11.8 Å². The lowest BCUT2D eigenvalue weighted by atomic mass is 10.3. The maximum Gasteiger partial charge on any atom is 0.376 e. The molecule has 1 N–H and O–H groups in total. The van der Waals surface area contributed by atoms with Gasteiger partial charge in [0.15, 0.2) is 0 Å². The van der Waals surface area contributed by atoms with Crippen molar-refractivity contribution in [1.29, 1.82) is 0 Å². The molecule has 0 aliphatic heterocycles. The number of aliphatic carboxylic acids is 1. The van der Waals surface area contributed by atoms with Crippen molar-refractivity contribution in [2.24, 2.45) is 0 Å². The molecule has 0 unspecified atom stereocenters. The van der Waals surface area contributed by atoms with Gasteiger partial charge in [0.2, 0.25) is 0 Å². The first-order chi connectivity index (χ1) is 8.66. The number of carbonyl (C=O) groups is 2. The van der Waals surface area contributed by atoms with Crippen LogP contribution in [0.2, 0.25) is 0 Å². The zero-order chi connectivity index (χ0) is 13.0. The fourth-order valence-corrected chi connectivity index (χ4v) is 1.27. The second kappa shape index (κ2) is 5.05. The molecule has 1 aromatic heterocycles. The maximum absolute atomic E-state index is 10.9. The molecule has 0 radical (unpaired) electrons. The molecule has 0 bridgehead atoms. The summed E-state index contributed by atoms with van der Waals surface area (Å²) in [5.41, 5.74) is 1.19. The van der Waals surface area contributed by atoms with Gasteiger partial charge in [-0.2, -0.15) is 9.90 Å². The number of benzene rings is 1. The standard InChI is InChI=1S/C12H9N3O3/c16-11(12(17)18)7-6-9-8-13-15(14-9)10-4-2-1-3-5-10/h1-8H,(H,17,18)/b7-6+. The van der Waals surface area contributed by atoms with Crippen LogP contribution < -0.4 is 0 Å². The predicted octanol–water partition coefficient (Wildman–Crippen LogP) is 0.934. The Kier molecular flexibility index (Phi) is 3.29.